The first kappa shape index (κ1) is 4.50. The Kier molecular flexibility index (Phi) is 1.35. The maximum atomic E-state index is 10.4. The highest BCUT2D eigenvalue weighted by molar-refractivity contribution is 5.80. The molecule has 52 valence electrons. The van der Waals surface area contributed by atoms with Crippen LogP contribution in [0.5, 0.6) is 0 Å². The van der Waals surface area contributed by atoms with Gasteiger partial charge in [0.25, 0.3) is 0 Å². The second-order valence-corrected chi connectivity index (χ2v) is 1.80. The molecular formula is C8H8O2. The second-order valence-electron chi connectivity index (χ2n) is 1.80. The van der Waals surface area contributed by atoms with Crippen molar-refractivity contribution in [2.75, 3.05) is 0 Å². The van der Waals surface area contributed by atoms with Gasteiger partial charge >= 0.3 is 0 Å². The van der Waals surface area contributed by atoms with Crippen LogP contribution >= 0.6 is 0 Å². The largest absolute Gasteiger partial charge is 0.472 e. The lowest BCUT2D eigenvalue weighted by Gasteiger charge is -1.88. The molecule has 0 fully saturated rings. The maximum Gasteiger partial charge on any atom is 0.143 e. The van der Waals surface area contributed by atoms with E-state index in [1.54, 1.807) is 6.07 Å². The summed E-state index contributed by atoms with van der Waals surface area (Å²) >= 11 is 0. The minimum atomic E-state index is -0.793. The summed E-state index contributed by atoms with van der Waals surface area (Å²) in [6, 6.07) is 1.66. The Balaban J connectivity index is 2.91. The molecule has 0 aliphatic rings. The molecule has 0 saturated carbocycles. The van der Waals surface area contributed by atoms with Gasteiger partial charge < -0.3 is 4.42 Å². The fourth-order valence-electron chi connectivity index (χ4n) is 0.602. The quantitative estimate of drug-likeness (QED) is 0.461. The molecule has 10 heavy (non-hydrogen) atoms. The molecule has 0 bridgehead atoms. The maximum absolute atomic E-state index is 10.4. The fraction of sp³-hybridized carbons (Fsp3) is 0.125. The van der Waals surface area contributed by atoms with Crippen molar-refractivity contribution in [3.8, 4) is 0 Å². The van der Waals surface area contributed by atoms with Gasteiger partial charge in [0.15, 0.2) is 0 Å². The lowest BCUT2D eigenvalue weighted by atomic mass is 10.1. The van der Waals surface area contributed by atoms with E-state index in [1.165, 1.54) is 12.5 Å². The Morgan fingerprint density at radius 3 is 3.40 bits per heavy atom. The summed E-state index contributed by atoms with van der Waals surface area (Å²) in [5, 5.41) is 0. The van der Waals surface area contributed by atoms with Gasteiger partial charge in [-0.15, -0.1) is 0 Å². The smallest absolute Gasteiger partial charge is 0.143 e. The zero-order chi connectivity index (χ0) is 8.97. The van der Waals surface area contributed by atoms with Crippen LogP contribution < -0.4 is 0 Å². The average molecular weight is 138 g/mol. The molecule has 0 atom stereocenters. The van der Waals surface area contributed by atoms with Crippen molar-refractivity contribution in [2.45, 2.75) is 6.90 Å². The number of allylic oxidation sites excluding steroid dienone is 2. The minimum absolute atomic E-state index is 0.0237. The van der Waals surface area contributed by atoms with Crippen molar-refractivity contribution in [1.82, 2.24) is 0 Å². The Bertz CT molecular complexity index is 288. The predicted octanol–water partition coefficient (Wildman–Crippen LogP) is 1.88. The molecule has 0 aliphatic carbocycles. The monoisotopic (exact) mass is 138 g/mol. The van der Waals surface area contributed by atoms with E-state index in [-0.39, 0.29) is 6.90 Å². The highest BCUT2D eigenvalue weighted by Crippen LogP contribution is 2.11. The zero-order valence-electron chi connectivity index (χ0n) is 7.33. The van der Waals surface area contributed by atoms with Gasteiger partial charge in [0.1, 0.15) is 7.63 Å². The number of furan rings is 1. The van der Waals surface area contributed by atoms with E-state index in [1.807, 2.05) is 0 Å². The molecule has 0 aliphatic heterocycles. The van der Waals surface area contributed by atoms with Crippen molar-refractivity contribution in [2.24, 2.45) is 0 Å². The average Bonchev–Trinajstić information content (AvgIpc) is 2.51. The summed E-state index contributed by atoms with van der Waals surface area (Å²) in [6.07, 6.45) is 3.24. The summed E-state index contributed by atoms with van der Waals surface area (Å²) in [5.41, 5.74) is 1.19. The summed E-state index contributed by atoms with van der Waals surface area (Å²) in [5.74, 6) is 0. The Hall–Kier alpha value is -1.31. The predicted molar refractivity (Wildman–Crippen MR) is 38.4 cm³/mol. The molecule has 0 spiro atoms. The molecule has 2 nitrogen and oxygen atoms in total. The van der Waals surface area contributed by atoms with Crippen LogP contribution in [0.2, 0.25) is 0 Å². The Morgan fingerprint density at radius 2 is 2.90 bits per heavy atom. The lowest BCUT2D eigenvalue weighted by Crippen LogP contribution is -1.73. The first-order valence-corrected chi connectivity index (χ1v) is 2.77. The van der Waals surface area contributed by atoms with Crippen LogP contribution in [-0.4, -0.2) is 6.26 Å². The lowest BCUT2D eigenvalue weighted by molar-refractivity contribution is -0.104. The molecular weight excluding hydrogens is 128 g/mol. The van der Waals surface area contributed by atoms with Crippen molar-refractivity contribution in [1.29, 1.82) is 0 Å². The summed E-state index contributed by atoms with van der Waals surface area (Å²) in [6.45, 7) is -0.0237. The zero-order valence-corrected chi connectivity index (χ0v) is 5.33. The fourth-order valence-corrected chi connectivity index (χ4v) is 0.602. The van der Waals surface area contributed by atoms with Crippen LogP contribution in [0.4, 0.5) is 0 Å². The van der Waals surface area contributed by atoms with Gasteiger partial charge in [-0.3, -0.25) is 4.79 Å². The number of aldehydes is 1. The van der Waals surface area contributed by atoms with E-state index >= 15 is 0 Å². The number of carbonyl (C=O) groups is 1. The van der Waals surface area contributed by atoms with E-state index in [0.29, 0.717) is 11.1 Å². The Morgan fingerprint density at radius 1 is 2.00 bits per heavy atom. The number of hydrogen-bond acceptors (Lipinski definition) is 2. The normalized spacial score (nSPS) is 14.2. The summed E-state index contributed by atoms with van der Waals surface area (Å²) < 4.78 is 18.6. The van der Waals surface area contributed by atoms with E-state index in [2.05, 4.69) is 0 Å². The third kappa shape index (κ3) is 1.35. The third-order valence-electron chi connectivity index (χ3n) is 1.13. The summed E-state index contributed by atoms with van der Waals surface area (Å²) in [4.78, 5) is 10.4. The van der Waals surface area contributed by atoms with Crippen LogP contribution in [0, 0.1) is 0 Å². The van der Waals surface area contributed by atoms with E-state index < -0.39 is 6.26 Å². The Labute approximate surface area is 62.0 Å². The number of carbonyl (C=O) groups excluding carboxylic acids is 1. The van der Waals surface area contributed by atoms with Gasteiger partial charge in [-0.05, 0) is 24.6 Å². The topological polar surface area (TPSA) is 30.2 Å². The van der Waals surface area contributed by atoms with Gasteiger partial charge in [0.2, 0.25) is 0 Å². The van der Waals surface area contributed by atoms with E-state index in [9.17, 15) is 4.79 Å². The van der Waals surface area contributed by atoms with Crippen molar-refractivity contribution >= 4 is 11.8 Å². The van der Waals surface area contributed by atoms with Gasteiger partial charge in [-0.25, -0.2) is 0 Å². The highest BCUT2D eigenvalue weighted by Gasteiger charge is 1.93. The second kappa shape index (κ2) is 3.01. The molecule has 1 rings (SSSR count). The standard InChI is InChI=1S/C8H8O2/c1-7(2-4-9)8-3-5-10-6-8/h2-6H,1H3/b7-2+/i1D,4D. The number of rotatable bonds is 2. The van der Waals surface area contributed by atoms with Crippen molar-refractivity contribution in [3.05, 3.63) is 30.2 Å². The van der Waals surface area contributed by atoms with Gasteiger partial charge in [-0.1, -0.05) is 0 Å². The molecule has 0 aromatic carbocycles. The summed E-state index contributed by atoms with van der Waals surface area (Å²) in [7, 11) is 0. The van der Waals surface area contributed by atoms with Gasteiger partial charge in [0, 0.05) is 6.93 Å². The van der Waals surface area contributed by atoms with Crippen LogP contribution in [0.1, 0.15) is 15.2 Å². The highest BCUT2D eigenvalue weighted by atomic mass is 16.3. The molecule has 1 aromatic heterocycles. The van der Waals surface area contributed by atoms with Crippen LogP contribution in [0.3, 0.4) is 0 Å². The minimum Gasteiger partial charge on any atom is -0.472 e. The molecule has 0 saturated heterocycles. The first-order valence-electron chi connectivity index (χ1n) is 3.97. The van der Waals surface area contributed by atoms with E-state index in [0.717, 1.165) is 6.08 Å². The molecule has 0 radical (unpaired) electrons. The SMILES string of the molecule is [2H]C/C(=C\C([2H])=O)c1ccoc1. The molecule has 0 unspecified atom stereocenters. The van der Waals surface area contributed by atoms with Crippen LogP contribution in [-0.2, 0) is 4.79 Å². The molecule has 0 N–H and O–H groups in total. The molecule has 1 heterocycles. The molecule has 2 heteroatoms. The molecule has 0 amide bonds. The van der Waals surface area contributed by atoms with Gasteiger partial charge in [-0.2, -0.15) is 0 Å². The van der Waals surface area contributed by atoms with Crippen LogP contribution in [0.25, 0.3) is 5.57 Å². The van der Waals surface area contributed by atoms with Crippen molar-refractivity contribution < 1.29 is 12.0 Å². The van der Waals surface area contributed by atoms with Gasteiger partial charge in [0.05, 0.1) is 12.5 Å². The van der Waals surface area contributed by atoms with Crippen molar-refractivity contribution in [3.63, 3.8) is 0 Å². The van der Waals surface area contributed by atoms with E-state index in [4.69, 9.17) is 7.16 Å². The molecule has 1 aromatic rings. The third-order valence-corrected chi connectivity index (χ3v) is 1.13. The van der Waals surface area contributed by atoms with Crippen LogP contribution in [0.15, 0.2) is 29.1 Å². The first-order chi connectivity index (χ1) is 5.74. The number of hydrogen-bond donors (Lipinski definition) is 0.